The molecule has 0 saturated carbocycles. The molecule has 0 aliphatic carbocycles. The molecule has 0 N–H and O–H groups in total. The van der Waals surface area contributed by atoms with Crippen LogP contribution in [0.3, 0.4) is 0 Å². The predicted molar refractivity (Wildman–Crippen MR) is 97.5 cm³/mol. The number of nitrogens with zero attached hydrogens (tertiary/aromatic N) is 4. The Balaban J connectivity index is 1.60. The van der Waals surface area contributed by atoms with Gasteiger partial charge in [0.2, 0.25) is 4.77 Å². The van der Waals surface area contributed by atoms with E-state index in [0.29, 0.717) is 23.2 Å². The Hall–Kier alpha value is -2.31. The van der Waals surface area contributed by atoms with Crippen LogP contribution in [0.2, 0.25) is 0 Å². The minimum Gasteiger partial charge on any atom is -0.277 e. The number of benzene rings is 2. The molecule has 1 saturated heterocycles. The van der Waals surface area contributed by atoms with Crippen molar-refractivity contribution >= 4 is 12.2 Å². The quantitative estimate of drug-likeness (QED) is 0.652. The minimum absolute atomic E-state index is 0.304. The van der Waals surface area contributed by atoms with Crippen molar-refractivity contribution in [2.45, 2.75) is 25.6 Å². The van der Waals surface area contributed by atoms with Crippen molar-refractivity contribution in [2.24, 2.45) is 0 Å². The highest BCUT2D eigenvalue weighted by molar-refractivity contribution is 7.71. The van der Waals surface area contributed by atoms with E-state index in [1.54, 1.807) is 33.8 Å². The molecule has 4 rings (SSSR count). The standard InChI is InChI=1S/C19H19FN4S/c20-16-9-4-5-10-18(16)23-13-21-24(19(23)25)14-22-12-6-11-17(22)15-7-2-1-3-8-15/h1-5,7-10,13,17H,6,11-12,14H2/t17-/m1/s1. The third kappa shape index (κ3) is 3.15. The Morgan fingerprint density at radius 3 is 2.64 bits per heavy atom. The number of likely N-dealkylation sites (tertiary alicyclic amines) is 1. The summed E-state index contributed by atoms with van der Waals surface area (Å²) in [7, 11) is 0. The van der Waals surface area contributed by atoms with Crippen molar-refractivity contribution in [1.29, 1.82) is 0 Å². The number of rotatable bonds is 4. The van der Waals surface area contributed by atoms with E-state index >= 15 is 0 Å². The lowest BCUT2D eigenvalue weighted by molar-refractivity contribution is 0.190. The van der Waals surface area contributed by atoms with Gasteiger partial charge in [0.05, 0.1) is 12.4 Å². The fraction of sp³-hybridized carbons (Fsp3) is 0.263. The van der Waals surface area contributed by atoms with Crippen LogP contribution in [0.15, 0.2) is 60.9 Å². The van der Waals surface area contributed by atoms with Crippen molar-refractivity contribution < 1.29 is 4.39 Å². The van der Waals surface area contributed by atoms with Crippen molar-refractivity contribution in [3.8, 4) is 5.69 Å². The van der Waals surface area contributed by atoms with Gasteiger partial charge in [-0.15, -0.1) is 0 Å². The lowest BCUT2D eigenvalue weighted by Gasteiger charge is -2.24. The highest BCUT2D eigenvalue weighted by Crippen LogP contribution is 2.32. The molecule has 2 heterocycles. The summed E-state index contributed by atoms with van der Waals surface area (Å²) in [5.74, 6) is -0.304. The summed E-state index contributed by atoms with van der Waals surface area (Å²) in [6, 6.07) is 17.5. The highest BCUT2D eigenvalue weighted by atomic mass is 32.1. The largest absolute Gasteiger partial charge is 0.277 e. The Bertz CT molecular complexity index is 918. The van der Waals surface area contributed by atoms with Gasteiger partial charge in [-0.25, -0.2) is 9.07 Å². The van der Waals surface area contributed by atoms with Crippen molar-refractivity contribution in [2.75, 3.05) is 6.54 Å². The van der Waals surface area contributed by atoms with Crippen LogP contribution in [-0.2, 0) is 6.67 Å². The fourth-order valence-corrected chi connectivity index (χ4v) is 3.72. The molecule has 128 valence electrons. The van der Waals surface area contributed by atoms with Gasteiger partial charge in [-0.3, -0.25) is 9.47 Å². The van der Waals surface area contributed by atoms with Crippen LogP contribution in [-0.4, -0.2) is 25.8 Å². The van der Waals surface area contributed by atoms with Gasteiger partial charge in [0.15, 0.2) is 0 Å². The first-order valence-corrected chi connectivity index (χ1v) is 8.83. The molecule has 1 fully saturated rings. The molecule has 4 nitrogen and oxygen atoms in total. The smallest absolute Gasteiger partial charge is 0.203 e. The maximum atomic E-state index is 14.0. The van der Waals surface area contributed by atoms with Crippen LogP contribution < -0.4 is 0 Å². The first-order valence-electron chi connectivity index (χ1n) is 8.42. The zero-order valence-corrected chi connectivity index (χ0v) is 14.6. The second kappa shape index (κ2) is 6.90. The van der Waals surface area contributed by atoms with Crippen LogP contribution >= 0.6 is 12.2 Å². The van der Waals surface area contributed by atoms with Gasteiger partial charge in [0.25, 0.3) is 0 Å². The monoisotopic (exact) mass is 354 g/mol. The zero-order valence-electron chi connectivity index (χ0n) is 13.8. The molecule has 1 aromatic heterocycles. The van der Waals surface area contributed by atoms with Crippen molar-refractivity contribution in [1.82, 2.24) is 19.2 Å². The predicted octanol–water partition coefficient (Wildman–Crippen LogP) is 4.34. The van der Waals surface area contributed by atoms with Gasteiger partial charge in [-0.2, -0.15) is 5.10 Å². The molecular formula is C19H19FN4S. The van der Waals surface area contributed by atoms with Gasteiger partial charge in [-0.1, -0.05) is 42.5 Å². The minimum atomic E-state index is -0.304. The average molecular weight is 354 g/mol. The van der Waals surface area contributed by atoms with Crippen LogP contribution in [0.4, 0.5) is 4.39 Å². The molecule has 1 aliphatic heterocycles. The lowest BCUT2D eigenvalue weighted by atomic mass is 10.1. The number of para-hydroxylation sites is 1. The molecule has 0 amide bonds. The molecular weight excluding hydrogens is 335 g/mol. The van der Waals surface area contributed by atoms with E-state index in [1.165, 1.54) is 11.6 Å². The Morgan fingerprint density at radius 1 is 1.08 bits per heavy atom. The molecule has 1 atom stereocenters. The maximum absolute atomic E-state index is 14.0. The second-order valence-electron chi connectivity index (χ2n) is 6.26. The molecule has 2 aromatic carbocycles. The Labute approximate surface area is 151 Å². The Morgan fingerprint density at radius 2 is 1.84 bits per heavy atom. The average Bonchev–Trinajstić information content (AvgIpc) is 3.24. The van der Waals surface area contributed by atoms with E-state index in [0.717, 1.165) is 19.4 Å². The number of hydrogen-bond acceptors (Lipinski definition) is 3. The van der Waals surface area contributed by atoms with Gasteiger partial charge in [-0.05, 0) is 42.8 Å². The van der Waals surface area contributed by atoms with Gasteiger partial charge in [0, 0.05) is 12.6 Å². The van der Waals surface area contributed by atoms with Crippen molar-refractivity contribution in [3.05, 3.63) is 77.1 Å². The SMILES string of the molecule is Fc1ccccc1-n1cnn(CN2CCC[C@@H]2c2ccccc2)c1=S. The van der Waals surface area contributed by atoms with Crippen LogP contribution in [0.1, 0.15) is 24.4 Å². The zero-order chi connectivity index (χ0) is 17.2. The molecule has 0 bridgehead atoms. The Kier molecular flexibility index (Phi) is 4.46. The molecule has 3 aromatic rings. The molecule has 0 unspecified atom stereocenters. The summed E-state index contributed by atoms with van der Waals surface area (Å²) in [6.07, 6.45) is 3.88. The van der Waals surface area contributed by atoms with E-state index in [9.17, 15) is 4.39 Å². The van der Waals surface area contributed by atoms with Gasteiger partial charge in [0.1, 0.15) is 12.1 Å². The molecule has 25 heavy (non-hydrogen) atoms. The lowest BCUT2D eigenvalue weighted by Crippen LogP contribution is -2.27. The topological polar surface area (TPSA) is 26.0 Å². The first-order chi connectivity index (χ1) is 12.2. The number of aromatic nitrogens is 3. The van der Waals surface area contributed by atoms with E-state index < -0.39 is 0 Å². The maximum Gasteiger partial charge on any atom is 0.203 e. The summed E-state index contributed by atoms with van der Waals surface area (Å²) in [4.78, 5) is 2.38. The highest BCUT2D eigenvalue weighted by Gasteiger charge is 2.26. The summed E-state index contributed by atoms with van der Waals surface area (Å²) < 4.78 is 17.9. The normalized spacial score (nSPS) is 17.9. The molecule has 6 heteroatoms. The van der Waals surface area contributed by atoms with E-state index in [1.807, 2.05) is 6.07 Å². The molecule has 0 radical (unpaired) electrons. The second-order valence-corrected chi connectivity index (χ2v) is 6.62. The van der Waals surface area contributed by atoms with Gasteiger partial charge < -0.3 is 0 Å². The van der Waals surface area contributed by atoms with Crippen molar-refractivity contribution in [3.63, 3.8) is 0 Å². The van der Waals surface area contributed by atoms with Crippen LogP contribution in [0.25, 0.3) is 5.69 Å². The molecule has 0 spiro atoms. The number of hydrogen-bond donors (Lipinski definition) is 0. The van der Waals surface area contributed by atoms with Crippen LogP contribution in [0, 0.1) is 10.6 Å². The summed E-state index contributed by atoms with van der Waals surface area (Å²) in [5.41, 5.74) is 1.75. The van der Waals surface area contributed by atoms with E-state index in [4.69, 9.17) is 12.2 Å². The fourth-order valence-electron chi connectivity index (χ4n) is 3.47. The van der Waals surface area contributed by atoms with E-state index in [2.05, 4.69) is 34.3 Å². The van der Waals surface area contributed by atoms with Crippen LogP contribution in [0.5, 0.6) is 0 Å². The third-order valence-corrected chi connectivity index (χ3v) is 5.12. The summed E-state index contributed by atoms with van der Waals surface area (Å²) in [6.45, 7) is 1.62. The first kappa shape index (κ1) is 16.2. The van der Waals surface area contributed by atoms with Gasteiger partial charge >= 0.3 is 0 Å². The van der Waals surface area contributed by atoms with E-state index in [-0.39, 0.29) is 5.82 Å². The number of halogens is 1. The summed E-state index contributed by atoms with van der Waals surface area (Å²) in [5, 5.41) is 4.39. The summed E-state index contributed by atoms with van der Waals surface area (Å²) >= 11 is 5.53. The third-order valence-electron chi connectivity index (χ3n) is 4.71. The molecule has 1 aliphatic rings.